The van der Waals surface area contributed by atoms with E-state index in [9.17, 15) is 4.79 Å². The summed E-state index contributed by atoms with van der Waals surface area (Å²) in [5.41, 5.74) is 0. The summed E-state index contributed by atoms with van der Waals surface area (Å²) in [5, 5.41) is 2.86. The van der Waals surface area contributed by atoms with Crippen LogP contribution < -0.4 is 5.32 Å². The summed E-state index contributed by atoms with van der Waals surface area (Å²) >= 11 is 1.22. The Balaban J connectivity index is 2.50. The Kier molecular flexibility index (Phi) is 3.22. The number of rotatable bonds is 3. The van der Waals surface area contributed by atoms with Gasteiger partial charge in [-0.2, -0.15) is 0 Å². The van der Waals surface area contributed by atoms with Gasteiger partial charge in [-0.1, -0.05) is 6.92 Å². The van der Waals surface area contributed by atoms with Gasteiger partial charge in [0.25, 0.3) is 5.91 Å². The maximum absolute atomic E-state index is 11.3. The molecule has 0 aromatic carbocycles. The Morgan fingerprint density at radius 2 is 2.58 bits per heavy atom. The number of carbonyl (C=O) groups is 1. The summed E-state index contributed by atoms with van der Waals surface area (Å²) < 4.78 is 3.86. The number of aromatic nitrogens is 1. The molecular formula is C8H12N2OS. The normalized spacial score (nSPS) is 12.5. The fraction of sp³-hybridized carbons (Fsp3) is 0.500. The maximum Gasteiger partial charge on any atom is 0.263 e. The molecule has 0 fully saturated rings. The number of nitrogens with one attached hydrogen (secondary N) is 1. The highest BCUT2D eigenvalue weighted by Gasteiger charge is 2.08. The Morgan fingerprint density at radius 1 is 1.83 bits per heavy atom. The predicted molar refractivity (Wildman–Crippen MR) is 49.3 cm³/mol. The minimum Gasteiger partial charge on any atom is -0.349 e. The molecule has 1 atom stereocenters. The van der Waals surface area contributed by atoms with Crippen LogP contribution in [0.4, 0.5) is 0 Å². The van der Waals surface area contributed by atoms with Crippen molar-refractivity contribution in [2.45, 2.75) is 26.3 Å². The molecule has 0 spiro atoms. The van der Waals surface area contributed by atoms with Crippen molar-refractivity contribution in [2.75, 3.05) is 0 Å². The fourth-order valence-corrected chi connectivity index (χ4v) is 1.23. The predicted octanol–water partition coefficient (Wildman–Crippen LogP) is 1.67. The van der Waals surface area contributed by atoms with E-state index in [0.717, 1.165) is 6.42 Å². The van der Waals surface area contributed by atoms with Crippen LogP contribution in [0.3, 0.4) is 0 Å². The van der Waals surface area contributed by atoms with Crippen molar-refractivity contribution < 1.29 is 4.79 Å². The van der Waals surface area contributed by atoms with Gasteiger partial charge in [-0.15, -0.1) is 0 Å². The summed E-state index contributed by atoms with van der Waals surface area (Å²) in [6.45, 7) is 4.02. The Morgan fingerprint density at radius 3 is 3.08 bits per heavy atom. The zero-order valence-electron chi connectivity index (χ0n) is 7.20. The monoisotopic (exact) mass is 184 g/mol. The van der Waals surface area contributed by atoms with Gasteiger partial charge in [-0.3, -0.25) is 4.79 Å². The molecule has 4 heteroatoms. The summed E-state index contributed by atoms with van der Waals surface area (Å²) in [7, 11) is 0. The molecular weight excluding hydrogens is 172 g/mol. The van der Waals surface area contributed by atoms with Gasteiger partial charge in [0.2, 0.25) is 0 Å². The van der Waals surface area contributed by atoms with Crippen molar-refractivity contribution in [3.63, 3.8) is 0 Å². The van der Waals surface area contributed by atoms with Crippen LogP contribution in [0.1, 0.15) is 29.9 Å². The third kappa shape index (κ3) is 2.30. The van der Waals surface area contributed by atoms with E-state index in [1.165, 1.54) is 11.5 Å². The van der Waals surface area contributed by atoms with Crippen LogP contribution in [0.15, 0.2) is 12.3 Å². The summed E-state index contributed by atoms with van der Waals surface area (Å²) in [4.78, 5) is 12.0. The van der Waals surface area contributed by atoms with E-state index in [1.54, 1.807) is 12.3 Å². The van der Waals surface area contributed by atoms with Gasteiger partial charge in [0.15, 0.2) is 0 Å². The second kappa shape index (κ2) is 4.21. The second-order valence-electron chi connectivity index (χ2n) is 2.66. The first-order valence-corrected chi connectivity index (χ1v) is 4.73. The molecule has 0 aliphatic rings. The summed E-state index contributed by atoms with van der Waals surface area (Å²) in [6.07, 6.45) is 2.58. The zero-order valence-corrected chi connectivity index (χ0v) is 8.02. The average molecular weight is 184 g/mol. The molecule has 0 radical (unpaired) electrons. The standard InChI is InChI=1S/C8H12N2OS/c1-3-6(2)10-8(11)7-4-5-9-12-7/h4-6H,3H2,1-2H3,(H,10,11). The van der Waals surface area contributed by atoms with Crippen LogP contribution in [-0.2, 0) is 0 Å². The highest BCUT2D eigenvalue weighted by atomic mass is 32.1. The van der Waals surface area contributed by atoms with E-state index in [1.807, 2.05) is 13.8 Å². The number of hydrogen-bond donors (Lipinski definition) is 1. The van der Waals surface area contributed by atoms with Crippen LogP contribution in [-0.4, -0.2) is 16.3 Å². The van der Waals surface area contributed by atoms with Gasteiger partial charge >= 0.3 is 0 Å². The van der Waals surface area contributed by atoms with Gasteiger partial charge in [0.1, 0.15) is 4.88 Å². The van der Waals surface area contributed by atoms with E-state index in [4.69, 9.17) is 0 Å². The van der Waals surface area contributed by atoms with E-state index >= 15 is 0 Å². The van der Waals surface area contributed by atoms with E-state index < -0.39 is 0 Å². The van der Waals surface area contributed by atoms with Crippen molar-refractivity contribution in [3.05, 3.63) is 17.1 Å². The molecule has 1 rings (SSSR count). The van der Waals surface area contributed by atoms with Crippen molar-refractivity contribution >= 4 is 17.4 Å². The molecule has 0 bridgehead atoms. The molecule has 12 heavy (non-hydrogen) atoms. The number of nitrogens with zero attached hydrogens (tertiary/aromatic N) is 1. The van der Waals surface area contributed by atoms with Gasteiger partial charge in [-0.25, -0.2) is 4.37 Å². The first kappa shape index (κ1) is 9.19. The van der Waals surface area contributed by atoms with E-state index in [-0.39, 0.29) is 11.9 Å². The van der Waals surface area contributed by atoms with Gasteiger partial charge in [0.05, 0.1) is 0 Å². The summed E-state index contributed by atoms with van der Waals surface area (Å²) in [6, 6.07) is 1.96. The van der Waals surface area contributed by atoms with E-state index in [0.29, 0.717) is 4.88 Å². The number of amides is 1. The van der Waals surface area contributed by atoms with E-state index in [2.05, 4.69) is 9.69 Å². The first-order chi connectivity index (χ1) is 5.74. The first-order valence-electron chi connectivity index (χ1n) is 3.95. The molecule has 0 saturated carbocycles. The molecule has 0 saturated heterocycles. The van der Waals surface area contributed by atoms with Crippen LogP contribution >= 0.6 is 11.5 Å². The Labute approximate surface area is 76.0 Å². The van der Waals surface area contributed by atoms with Crippen molar-refractivity contribution in [2.24, 2.45) is 0 Å². The van der Waals surface area contributed by atoms with Gasteiger partial charge in [0, 0.05) is 12.2 Å². The fourth-order valence-electron chi connectivity index (χ4n) is 0.730. The molecule has 1 heterocycles. The third-order valence-corrected chi connectivity index (χ3v) is 2.40. The Hall–Kier alpha value is -0.900. The number of hydrogen-bond acceptors (Lipinski definition) is 3. The number of carbonyl (C=O) groups excluding carboxylic acids is 1. The van der Waals surface area contributed by atoms with Crippen LogP contribution in [0.2, 0.25) is 0 Å². The van der Waals surface area contributed by atoms with Crippen LogP contribution in [0, 0.1) is 0 Å². The van der Waals surface area contributed by atoms with Gasteiger partial charge < -0.3 is 5.32 Å². The molecule has 0 aliphatic heterocycles. The molecule has 66 valence electrons. The topological polar surface area (TPSA) is 42.0 Å². The lowest BCUT2D eigenvalue weighted by atomic mass is 10.2. The molecule has 1 N–H and O–H groups in total. The largest absolute Gasteiger partial charge is 0.349 e. The van der Waals surface area contributed by atoms with Gasteiger partial charge in [-0.05, 0) is 30.9 Å². The molecule has 1 amide bonds. The highest BCUT2D eigenvalue weighted by molar-refractivity contribution is 7.08. The summed E-state index contributed by atoms with van der Waals surface area (Å²) in [5.74, 6) is -0.0214. The zero-order chi connectivity index (χ0) is 8.97. The minimum atomic E-state index is -0.0214. The Bertz CT molecular complexity index is 246. The molecule has 1 aromatic rings. The lowest BCUT2D eigenvalue weighted by Crippen LogP contribution is -2.31. The third-order valence-electron chi connectivity index (χ3n) is 1.65. The smallest absolute Gasteiger partial charge is 0.263 e. The van der Waals surface area contributed by atoms with Crippen molar-refractivity contribution in [1.29, 1.82) is 0 Å². The lowest BCUT2D eigenvalue weighted by Gasteiger charge is -2.09. The van der Waals surface area contributed by atoms with Crippen molar-refractivity contribution in [1.82, 2.24) is 9.69 Å². The minimum absolute atomic E-state index is 0.0214. The molecule has 1 unspecified atom stereocenters. The molecule has 3 nitrogen and oxygen atoms in total. The quantitative estimate of drug-likeness (QED) is 0.776. The average Bonchev–Trinajstić information content (AvgIpc) is 2.56. The molecule has 1 aromatic heterocycles. The maximum atomic E-state index is 11.3. The van der Waals surface area contributed by atoms with Crippen LogP contribution in [0.5, 0.6) is 0 Å². The van der Waals surface area contributed by atoms with Crippen LogP contribution in [0.25, 0.3) is 0 Å². The lowest BCUT2D eigenvalue weighted by molar-refractivity contribution is 0.0943. The second-order valence-corrected chi connectivity index (χ2v) is 3.49. The highest BCUT2D eigenvalue weighted by Crippen LogP contribution is 2.04. The molecule has 0 aliphatic carbocycles. The van der Waals surface area contributed by atoms with Crippen molar-refractivity contribution in [3.8, 4) is 0 Å². The SMILES string of the molecule is CCC(C)NC(=O)c1ccns1.